The molecule has 0 atom stereocenters. The highest BCUT2D eigenvalue weighted by atomic mass is 35.5. The summed E-state index contributed by atoms with van der Waals surface area (Å²) in [6.45, 7) is 7.01. The molecule has 0 radical (unpaired) electrons. The molecular formula is C24H24Cl2FNO2. The number of nitrogens with one attached hydrogen (secondary N) is 1. The molecule has 0 spiro atoms. The minimum atomic E-state index is -0.425. The SMILES string of the molecule is CCOc1cc(CNc2ccc(C)c(C)c2)cc(Cl)c1OCc1c(F)cccc1Cl. The molecule has 0 amide bonds. The van der Waals surface area contributed by atoms with Crippen molar-refractivity contribution in [3.63, 3.8) is 0 Å². The van der Waals surface area contributed by atoms with Crippen molar-refractivity contribution >= 4 is 28.9 Å². The van der Waals surface area contributed by atoms with E-state index in [-0.39, 0.29) is 12.2 Å². The van der Waals surface area contributed by atoms with Crippen LogP contribution in [0.15, 0.2) is 48.5 Å². The zero-order valence-corrected chi connectivity index (χ0v) is 18.7. The Hall–Kier alpha value is -2.43. The van der Waals surface area contributed by atoms with Crippen molar-refractivity contribution in [3.05, 3.63) is 86.6 Å². The van der Waals surface area contributed by atoms with Gasteiger partial charge < -0.3 is 14.8 Å². The lowest BCUT2D eigenvalue weighted by Gasteiger charge is -2.17. The topological polar surface area (TPSA) is 30.5 Å². The summed E-state index contributed by atoms with van der Waals surface area (Å²) in [5, 5.41) is 4.09. The zero-order chi connectivity index (χ0) is 21.7. The molecule has 0 aliphatic heterocycles. The highest BCUT2D eigenvalue weighted by Gasteiger charge is 2.15. The Morgan fingerprint density at radius 3 is 2.43 bits per heavy atom. The second kappa shape index (κ2) is 10.1. The van der Waals surface area contributed by atoms with E-state index in [9.17, 15) is 4.39 Å². The average Bonchev–Trinajstić information content (AvgIpc) is 2.70. The molecule has 3 rings (SSSR count). The van der Waals surface area contributed by atoms with E-state index in [2.05, 4.69) is 31.3 Å². The monoisotopic (exact) mass is 447 g/mol. The lowest BCUT2D eigenvalue weighted by molar-refractivity contribution is 0.266. The van der Waals surface area contributed by atoms with Gasteiger partial charge in [-0.2, -0.15) is 0 Å². The standard InChI is InChI=1S/C24H24Cl2FNO2/c1-4-29-23-12-17(13-28-18-9-8-15(2)16(3)10-18)11-21(26)24(23)30-14-19-20(25)6-5-7-22(19)27/h5-12,28H,4,13-14H2,1-3H3. The number of aryl methyl sites for hydroxylation is 2. The molecule has 0 saturated heterocycles. The molecule has 1 N–H and O–H groups in total. The number of halogens is 3. The summed E-state index contributed by atoms with van der Waals surface area (Å²) < 4.78 is 25.6. The first-order valence-corrected chi connectivity index (χ1v) is 10.5. The van der Waals surface area contributed by atoms with E-state index in [1.165, 1.54) is 17.2 Å². The maximum Gasteiger partial charge on any atom is 0.180 e. The molecule has 0 bridgehead atoms. The first-order chi connectivity index (χ1) is 14.4. The molecule has 0 aliphatic rings. The molecule has 3 aromatic rings. The van der Waals surface area contributed by atoms with Crippen molar-refractivity contribution in [2.75, 3.05) is 11.9 Å². The second-order valence-electron chi connectivity index (χ2n) is 6.98. The summed E-state index contributed by atoms with van der Waals surface area (Å²) in [5.41, 5.74) is 4.72. The van der Waals surface area contributed by atoms with Gasteiger partial charge in [-0.15, -0.1) is 0 Å². The number of hydrogen-bond acceptors (Lipinski definition) is 3. The Labute approximate surface area is 186 Å². The minimum Gasteiger partial charge on any atom is -0.490 e. The number of anilines is 1. The maximum absolute atomic E-state index is 14.0. The summed E-state index contributed by atoms with van der Waals surface area (Å²) in [6.07, 6.45) is 0. The third-order valence-corrected chi connectivity index (χ3v) is 5.43. The fraction of sp³-hybridized carbons (Fsp3) is 0.250. The quantitative estimate of drug-likeness (QED) is 0.391. The summed E-state index contributed by atoms with van der Waals surface area (Å²) >= 11 is 12.6. The van der Waals surface area contributed by atoms with Crippen molar-refractivity contribution in [2.24, 2.45) is 0 Å². The van der Waals surface area contributed by atoms with Gasteiger partial charge in [0.2, 0.25) is 0 Å². The lowest BCUT2D eigenvalue weighted by atomic mass is 10.1. The van der Waals surface area contributed by atoms with Crippen LogP contribution in [0, 0.1) is 19.7 Å². The summed E-state index contributed by atoms with van der Waals surface area (Å²) in [4.78, 5) is 0. The summed E-state index contributed by atoms with van der Waals surface area (Å²) in [5.74, 6) is 0.452. The van der Waals surface area contributed by atoms with Gasteiger partial charge in [0.15, 0.2) is 11.5 Å². The van der Waals surface area contributed by atoms with Gasteiger partial charge in [0, 0.05) is 17.8 Å². The third kappa shape index (κ3) is 5.38. The summed E-state index contributed by atoms with van der Waals surface area (Å²) in [7, 11) is 0. The van der Waals surface area contributed by atoms with Gasteiger partial charge >= 0.3 is 0 Å². The van der Waals surface area contributed by atoms with Crippen LogP contribution in [0.5, 0.6) is 11.5 Å². The minimum absolute atomic E-state index is 0.0501. The van der Waals surface area contributed by atoms with Gasteiger partial charge in [-0.3, -0.25) is 0 Å². The Balaban J connectivity index is 1.78. The molecule has 3 nitrogen and oxygen atoms in total. The Kier molecular flexibility index (Phi) is 7.46. The van der Waals surface area contributed by atoms with Crippen LogP contribution in [0.3, 0.4) is 0 Å². The molecular weight excluding hydrogens is 424 g/mol. The fourth-order valence-electron chi connectivity index (χ4n) is 3.00. The Morgan fingerprint density at radius 1 is 0.933 bits per heavy atom. The number of benzene rings is 3. The largest absolute Gasteiger partial charge is 0.490 e. The number of ether oxygens (including phenoxy) is 2. The van der Waals surface area contributed by atoms with E-state index in [4.69, 9.17) is 32.7 Å². The van der Waals surface area contributed by atoms with Crippen LogP contribution in [0.25, 0.3) is 0 Å². The molecule has 0 unspecified atom stereocenters. The Morgan fingerprint density at radius 2 is 1.73 bits per heavy atom. The van der Waals surface area contributed by atoms with E-state index in [1.807, 2.05) is 25.1 Å². The van der Waals surface area contributed by atoms with Gasteiger partial charge in [0.1, 0.15) is 12.4 Å². The van der Waals surface area contributed by atoms with E-state index in [0.717, 1.165) is 11.3 Å². The van der Waals surface area contributed by atoms with Crippen molar-refractivity contribution in [1.82, 2.24) is 0 Å². The van der Waals surface area contributed by atoms with Gasteiger partial charge in [0.05, 0.1) is 16.7 Å². The van der Waals surface area contributed by atoms with Crippen LogP contribution in [-0.4, -0.2) is 6.61 Å². The molecule has 0 aliphatic carbocycles. The fourth-order valence-corrected chi connectivity index (χ4v) is 3.50. The van der Waals surface area contributed by atoms with Crippen LogP contribution < -0.4 is 14.8 Å². The van der Waals surface area contributed by atoms with Crippen LogP contribution in [0.1, 0.15) is 29.2 Å². The van der Waals surface area contributed by atoms with Gasteiger partial charge in [0.25, 0.3) is 0 Å². The van der Waals surface area contributed by atoms with Crippen molar-refractivity contribution in [2.45, 2.75) is 33.9 Å². The molecule has 0 saturated carbocycles. The van der Waals surface area contributed by atoms with Crippen molar-refractivity contribution in [1.29, 1.82) is 0 Å². The predicted octanol–water partition coefficient (Wildman–Crippen LogP) is 7.34. The molecule has 6 heteroatoms. The molecule has 0 aromatic heterocycles. The second-order valence-corrected chi connectivity index (χ2v) is 7.79. The zero-order valence-electron chi connectivity index (χ0n) is 17.2. The van der Waals surface area contributed by atoms with E-state index < -0.39 is 5.82 Å². The van der Waals surface area contributed by atoms with Crippen LogP contribution in [0.4, 0.5) is 10.1 Å². The lowest BCUT2D eigenvalue weighted by Crippen LogP contribution is -2.05. The summed E-state index contributed by atoms with van der Waals surface area (Å²) in [6, 6.07) is 14.4. The van der Waals surface area contributed by atoms with Crippen LogP contribution >= 0.6 is 23.2 Å². The molecule has 158 valence electrons. The molecule has 30 heavy (non-hydrogen) atoms. The third-order valence-electron chi connectivity index (χ3n) is 4.80. The first kappa shape index (κ1) is 22.3. The van der Waals surface area contributed by atoms with E-state index >= 15 is 0 Å². The number of hydrogen-bond donors (Lipinski definition) is 1. The van der Waals surface area contributed by atoms with Gasteiger partial charge in [-0.25, -0.2) is 4.39 Å². The highest BCUT2D eigenvalue weighted by molar-refractivity contribution is 6.32. The van der Waals surface area contributed by atoms with Crippen molar-refractivity contribution in [3.8, 4) is 11.5 Å². The van der Waals surface area contributed by atoms with Crippen LogP contribution in [0.2, 0.25) is 10.0 Å². The average molecular weight is 448 g/mol. The molecule has 3 aromatic carbocycles. The van der Waals surface area contributed by atoms with Gasteiger partial charge in [-0.1, -0.05) is 35.3 Å². The molecule has 0 fully saturated rings. The maximum atomic E-state index is 14.0. The smallest absolute Gasteiger partial charge is 0.180 e. The van der Waals surface area contributed by atoms with E-state index in [0.29, 0.717) is 34.7 Å². The first-order valence-electron chi connectivity index (χ1n) is 9.71. The highest BCUT2D eigenvalue weighted by Crippen LogP contribution is 2.38. The Bertz CT molecular complexity index is 1020. The normalized spacial score (nSPS) is 10.7. The predicted molar refractivity (Wildman–Crippen MR) is 122 cm³/mol. The number of rotatable bonds is 8. The molecule has 0 heterocycles. The van der Waals surface area contributed by atoms with Crippen molar-refractivity contribution < 1.29 is 13.9 Å². The van der Waals surface area contributed by atoms with Crippen LogP contribution in [-0.2, 0) is 13.2 Å². The van der Waals surface area contributed by atoms with Gasteiger partial charge in [-0.05, 0) is 73.9 Å². The van der Waals surface area contributed by atoms with E-state index in [1.54, 1.807) is 12.1 Å².